The molecule has 0 unspecified atom stereocenters. The number of nitrogens with one attached hydrogen (secondary N) is 1. The van der Waals surface area contributed by atoms with E-state index in [1.165, 1.54) is 6.33 Å². The minimum absolute atomic E-state index is 0.176. The summed E-state index contributed by atoms with van der Waals surface area (Å²) in [6.45, 7) is 0.183. The van der Waals surface area contributed by atoms with Crippen molar-refractivity contribution >= 4 is 5.91 Å². The molecule has 0 saturated carbocycles. The molecule has 0 bridgehead atoms. The maximum atomic E-state index is 13.6. The first-order valence-corrected chi connectivity index (χ1v) is 8.36. The fourth-order valence-electron chi connectivity index (χ4n) is 2.59. The molecule has 0 saturated heterocycles. The second-order valence-electron chi connectivity index (χ2n) is 5.84. The number of halogens is 2. The molecule has 0 aliphatic carbocycles. The summed E-state index contributed by atoms with van der Waals surface area (Å²) in [7, 11) is 0. The van der Waals surface area contributed by atoms with E-state index in [1.54, 1.807) is 11.0 Å². The Morgan fingerprint density at radius 3 is 2.70 bits per heavy atom. The predicted octanol–water partition coefficient (Wildman–Crippen LogP) is 2.88. The van der Waals surface area contributed by atoms with Crippen molar-refractivity contribution in [1.82, 2.24) is 20.1 Å². The second-order valence-corrected chi connectivity index (χ2v) is 5.84. The number of rotatable bonds is 8. The van der Waals surface area contributed by atoms with Crippen molar-refractivity contribution < 1.29 is 18.3 Å². The van der Waals surface area contributed by atoms with Gasteiger partial charge in [-0.3, -0.25) is 9.48 Å². The maximum absolute atomic E-state index is 13.6. The highest BCUT2D eigenvalue weighted by Crippen LogP contribution is 2.19. The van der Waals surface area contributed by atoms with Crippen LogP contribution in [0, 0.1) is 11.6 Å². The molecular formula is C19H18F2N4O2. The number of aryl methyl sites for hydroxylation is 1. The van der Waals surface area contributed by atoms with Gasteiger partial charge in [0.05, 0.1) is 6.04 Å². The number of amides is 1. The van der Waals surface area contributed by atoms with Crippen LogP contribution in [0.4, 0.5) is 8.78 Å². The lowest BCUT2D eigenvalue weighted by Gasteiger charge is -2.19. The first kappa shape index (κ1) is 18.5. The SMILES string of the molecule is O=C(COc1ccc(F)cc1F)N[C@@H](CCn1cncn1)c1ccccc1. The van der Waals surface area contributed by atoms with Crippen LogP contribution in [0.1, 0.15) is 18.0 Å². The lowest BCUT2D eigenvalue weighted by atomic mass is 10.0. The van der Waals surface area contributed by atoms with E-state index in [0.717, 1.165) is 17.7 Å². The van der Waals surface area contributed by atoms with E-state index in [1.807, 2.05) is 30.3 Å². The van der Waals surface area contributed by atoms with E-state index in [-0.39, 0.29) is 18.4 Å². The Morgan fingerprint density at radius 2 is 2.00 bits per heavy atom. The van der Waals surface area contributed by atoms with Gasteiger partial charge in [-0.15, -0.1) is 0 Å². The molecule has 1 heterocycles. The smallest absolute Gasteiger partial charge is 0.258 e. The highest BCUT2D eigenvalue weighted by molar-refractivity contribution is 5.78. The lowest BCUT2D eigenvalue weighted by Crippen LogP contribution is -2.33. The van der Waals surface area contributed by atoms with Crippen molar-refractivity contribution in [3.05, 3.63) is 78.4 Å². The third kappa shape index (κ3) is 5.34. The number of hydrogen-bond donors (Lipinski definition) is 1. The standard InChI is InChI=1S/C19H18F2N4O2/c20-15-6-7-18(16(21)10-15)27-11-19(26)24-17(14-4-2-1-3-5-14)8-9-25-13-22-12-23-25/h1-7,10,12-13,17H,8-9,11H2,(H,24,26)/t17-/m0/s1. The Balaban J connectivity index is 1.61. The Kier molecular flexibility index (Phi) is 6.09. The monoisotopic (exact) mass is 372 g/mol. The van der Waals surface area contributed by atoms with Gasteiger partial charge in [0.15, 0.2) is 18.2 Å². The van der Waals surface area contributed by atoms with Crippen molar-refractivity contribution in [3.63, 3.8) is 0 Å². The van der Waals surface area contributed by atoms with Gasteiger partial charge in [0.2, 0.25) is 0 Å². The molecule has 1 N–H and O–H groups in total. The topological polar surface area (TPSA) is 69.0 Å². The van der Waals surface area contributed by atoms with Crippen LogP contribution in [0.5, 0.6) is 5.75 Å². The molecule has 3 aromatic rings. The summed E-state index contributed by atoms with van der Waals surface area (Å²) in [6.07, 6.45) is 3.63. The van der Waals surface area contributed by atoms with Gasteiger partial charge in [-0.2, -0.15) is 5.10 Å². The zero-order valence-corrected chi connectivity index (χ0v) is 14.4. The Morgan fingerprint density at radius 1 is 1.19 bits per heavy atom. The predicted molar refractivity (Wildman–Crippen MR) is 93.8 cm³/mol. The molecule has 1 atom stereocenters. The van der Waals surface area contributed by atoms with Crippen molar-refractivity contribution in [2.45, 2.75) is 19.0 Å². The molecule has 140 valence electrons. The van der Waals surface area contributed by atoms with E-state index in [0.29, 0.717) is 19.0 Å². The Labute approximate surface area is 154 Å². The first-order chi connectivity index (χ1) is 13.1. The van der Waals surface area contributed by atoms with E-state index >= 15 is 0 Å². The molecule has 0 spiro atoms. The third-order valence-corrected chi connectivity index (χ3v) is 3.90. The van der Waals surface area contributed by atoms with Crippen molar-refractivity contribution in [2.75, 3.05) is 6.61 Å². The fraction of sp³-hybridized carbons (Fsp3) is 0.211. The van der Waals surface area contributed by atoms with Gasteiger partial charge < -0.3 is 10.1 Å². The van der Waals surface area contributed by atoms with Gasteiger partial charge in [0.1, 0.15) is 18.5 Å². The molecule has 6 nitrogen and oxygen atoms in total. The van der Waals surface area contributed by atoms with E-state index in [2.05, 4.69) is 15.4 Å². The normalized spacial score (nSPS) is 11.8. The van der Waals surface area contributed by atoms with Crippen LogP contribution in [0.25, 0.3) is 0 Å². The Bertz CT molecular complexity index is 873. The molecule has 1 aromatic heterocycles. The number of ether oxygens (including phenoxy) is 1. The average molecular weight is 372 g/mol. The van der Waals surface area contributed by atoms with Crippen LogP contribution in [0.2, 0.25) is 0 Å². The summed E-state index contributed by atoms with van der Waals surface area (Å²) >= 11 is 0. The Hall–Kier alpha value is -3.29. The van der Waals surface area contributed by atoms with Crippen molar-refractivity contribution in [2.24, 2.45) is 0 Å². The second kappa shape index (κ2) is 8.88. The number of aromatic nitrogens is 3. The van der Waals surface area contributed by atoms with Gasteiger partial charge in [-0.25, -0.2) is 13.8 Å². The highest BCUT2D eigenvalue weighted by Gasteiger charge is 2.16. The van der Waals surface area contributed by atoms with Crippen LogP contribution in [0.3, 0.4) is 0 Å². The number of carbonyl (C=O) groups excluding carboxylic acids is 1. The van der Waals surface area contributed by atoms with Gasteiger partial charge in [0, 0.05) is 12.6 Å². The number of carbonyl (C=O) groups is 1. The quantitative estimate of drug-likeness (QED) is 0.660. The fourth-order valence-corrected chi connectivity index (χ4v) is 2.59. The number of benzene rings is 2. The van der Waals surface area contributed by atoms with E-state index in [4.69, 9.17) is 4.74 Å². The molecule has 0 aliphatic rings. The van der Waals surface area contributed by atoms with Crippen LogP contribution < -0.4 is 10.1 Å². The highest BCUT2D eigenvalue weighted by atomic mass is 19.1. The maximum Gasteiger partial charge on any atom is 0.258 e. The molecule has 0 radical (unpaired) electrons. The number of hydrogen-bond acceptors (Lipinski definition) is 4. The van der Waals surface area contributed by atoms with Gasteiger partial charge in [-0.05, 0) is 24.1 Å². The lowest BCUT2D eigenvalue weighted by molar-refractivity contribution is -0.124. The molecule has 3 rings (SSSR count). The van der Waals surface area contributed by atoms with Gasteiger partial charge >= 0.3 is 0 Å². The average Bonchev–Trinajstić information content (AvgIpc) is 3.18. The van der Waals surface area contributed by atoms with Crippen LogP contribution in [-0.4, -0.2) is 27.3 Å². The molecule has 1 amide bonds. The summed E-state index contributed by atoms with van der Waals surface area (Å²) in [5.41, 5.74) is 0.930. The largest absolute Gasteiger partial charge is 0.481 e. The summed E-state index contributed by atoms with van der Waals surface area (Å²) in [4.78, 5) is 16.2. The van der Waals surface area contributed by atoms with Gasteiger partial charge in [-0.1, -0.05) is 30.3 Å². The summed E-state index contributed by atoms with van der Waals surface area (Å²) in [5, 5.41) is 6.92. The van der Waals surface area contributed by atoms with Crippen molar-refractivity contribution in [1.29, 1.82) is 0 Å². The van der Waals surface area contributed by atoms with Gasteiger partial charge in [0.25, 0.3) is 5.91 Å². The third-order valence-electron chi connectivity index (χ3n) is 3.90. The summed E-state index contributed by atoms with van der Waals surface area (Å²) < 4.78 is 33.3. The molecule has 0 aliphatic heterocycles. The molecular weight excluding hydrogens is 354 g/mol. The first-order valence-electron chi connectivity index (χ1n) is 8.36. The molecule has 0 fully saturated rings. The zero-order valence-electron chi connectivity index (χ0n) is 14.4. The molecule has 8 heteroatoms. The summed E-state index contributed by atoms with van der Waals surface area (Å²) in [5.74, 6) is -2.15. The summed E-state index contributed by atoms with van der Waals surface area (Å²) in [6, 6.07) is 12.1. The molecule has 27 heavy (non-hydrogen) atoms. The van der Waals surface area contributed by atoms with E-state index in [9.17, 15) is 13.6 Å². The van der Waals surface area contributed by atoms with Crippen LogP contribution in [0.15, 0.2) is 61.2 Å². The molecule has 2 aromatic carbocycles. The van der Waals surface area contributed by atoms with Crippen LogP contribution >= 0.6 is 0 Å². The zero-order chi connectivity index (χ0) is 19.1. The van der Waals surface area contributed by atoms with E-state index < -0.39 is 17.5 Å². The van der Waals surface area contributed by atoms with Crippen LogP contribution in [-0.2, 0) is 11.3 Å². The number of nitrogens with zero attached hydrogens (tertiary/aromatic N) is 3. The minimum atomic E-state index is -0.853. The van der Waals surface area contributed by atoms with Crippen molar-refractivity contribution in [3.8, 4) is 5.75 Å². The minimum Gasteiger partial charge on any atom is -0.481 e.